The lowest BCUT2D eigenvalue weighted by molar-refractivity contribution is -0.119. The number of aromatic nitrogens is 1. The highest BCUT2D eigenvalue weighted by molar-refractivity contribution is 5.92. The largest absolute Gasteiger partial charge is 0.443 e. The fraction of sp³-hybridized carbons (Fsp3) is 0.333. The maximum Gasteiger partial charge on any atom is 0.181 e. The number of rotatable bonds is 2. The zero-order valence-corrected chi connectivity index (χ0v) is 8.49. The van der Waals surface area contributed by atoms with Crippen LogP contribution >= 0.6 is 0 Å². The summed E-state index contributed by atoms with van der Waals surface area (Å²) in [7, 11) is 0. The highest BCUT2D eigenvalue weighted by Gasteiger charge is 2.48. The van der Waals surface area contributed by atoms with Crippen molar-refractivity contribution in [2.75, 3.05) is 0 Å². The predicted molar refractivity (Wildman–Crippen MR) is 55.6 cm³/mol. The number of ketones is 1. The first-order valence-electron chi connectivity index (χ1n) is 5.07. The van der Waals surface area contributed by atoms with Gasteiger partial charge in [0.25, 0.3) is 0 Å². The Hall–Kier alpha value is -1.64. The van der Waals surface area contributed by atoms with E-state index in [9.17, 15) is 4.79 Å². The number of hydrogen-bond acceptors (Lipinski definition) is 3. The minimum Gasteiger partial charge on any atom is -0.443 e. The van der Waals surface area contributed by atoms with Gasteiger partial charge in [-0.25, -0.2) is 4.98 Å². The Labute approximate surface area is 87.1 Å². The summed E-state index contributed by atoms with van der Waals surface area (Å²) in [5.74, 6) is 0.255. The molecule has 1 heterocycles. The summed E-state index contributed by atoms with van der Waals surface area (Å²) in [6.07, 6.45) is 3.36. The van der Waals surface area contributed by atoms with Crippen molar-refractivity contribution < 1.29 is 9.21 Å². The summed E-state index contributed by atoms with van der Waals surface area (Å²) in [5, 5.41) is 0. The van der Waals surface area contributed by atoms with Gasteiger partial charge in [-0.3, -0.25) is 4.79 Å². The molecular formula is C12H11NO2. The first-order valence-corrected chi connectivity index (χ1v) is 5.07. The van der Waals surface area contributed by atoms with Crippen molar-refractivity contribution >= 4 is 16.9 Å². The lowest BCUT2D eigenvalue weighted by Crippen LogP contribution is -2.16. The van der Waals surface area contributed by atoms with Gasteiger partial charge in [0.05, 0.1) is 5.41 Å². The number of carbonyl (C=O) groups is 1. The van der Waals surface area contributed by atoms with Crippen molar-refractivity contribution in [2.24, 2.45) is 0 Å². The molecule has 76 valence electrons. The van der Waals surface area contributed by atoms with Crippen molar-refractivity contribution in [3.8, 4) is 0 Å². The predicted octanol–water partition coefficient (Wildman–Crippen LogP) is 2.45. The van der Waals surface area contributed by atoms with Gasteiger partial charge in [0.2, 0.25) is 0 Å². The number of Topliss-reactive ketones (excluding diaryl/α,β-unsaturated/α-hetero) is 1. The maximum atomic E-state index is 11.6. The van der Waals surface area contributed by atoms with Gasteiger partial charge in [-0.05, 0) is 37.5 Å². The highest BCUT2D eigenvalue weighted by Crippen LogP contribution is 2.49. The third kappa shape index (κ3) is 1.12. The SMILES string of the molecule is CC(=O)C1(c2ccc3ocnc3c2)CC1. The van der Waals surface area contributed by atoms with E-state index in [1.54, 1.807) is 6.92 Å². The molecule has 0 atom stereocenters. The van der Waals surface area contributed by atoms with Crippen LogP contribution in [0.4, 0.5) is 0 Å². The Balaban J connectivity index is 2.15. The molecule has 15 heavy (non-hydrogen) atoms. The molecule has 2 aromatic rings. The second-order valence-electron chi connectivity index (χ2n) is 4.17. The smallest absolute Gasteiger partial charge is 0.181 e. The van der Waals surface area contributed by atoms with Crippen LogP contribution in [0.1, 0.15) is 25.3 Å². The summed E-state index contributed by atoms with van der Waals surface area (Å²) in [6.45, 7) is 1.67. The molecule has 1 aromatic carbocycles. The quantitative estimate of drug-likeness (QED) is 0.749. The molecule has 3 heteroatoms. The molecule has 1 fully saturated rings. The van der Waals surface area contributed by atoms with E-state index in [-0.39, 0.29) is 11.2 Å². The molecule has 1 aliphatic rings. The average Bonchev–Trinajstić information content (AvgIpc) is 2.91. The van der Waals surface area contributed by atoms with Gasteiger partial charge in [0, 0.05) is 0 Å². The third-order valence-electron chi connectivity index (χ3n) is 3.31. The number of oxazole rings is 1. The lowest BCUT2D eigenvalue weighted by Gasteiger charge is -2.10. The monoisotopic (exact) mass is 201 g/mol. The van der Waals surface area contributed by atoms with E-state index in [0.29, 0.717) is 0 Å². The Morgan fingerprint density at radius 2 is 2.27 bits per heavy atom. The van der Waals surface area contributed by atoms with E-state index in [4.69, 9.17) is 4.42 Å². The molecule has 0 amide bonds. The normalized spacial score (nSPS) is 17.9. The van der Waals surface area contributed by atoms with Gasteiger partial charge in [0.1, 0.15) is 11.3 Å². The van der Waals surface area contributed by atoms with Crippen molar-refractivity contribution in [3.63, 3.8) is 0 Å². The first kappa shape index (κ1) is 8.65. The fourth-order valence-electron chi connectivity index (χ4n) is 2.12. The van der Waals surface area contributed by atoms with Crippen LogP contribution in [0.2, 0.25) is 0 Å². The van der Waals surface area contributed by atoms with Gasteiger partial charge in [-0.1, -0.05) is 6.07 Å². The average molecular weight is 201 g/mol. The van der Waals surface area contributed by atoms with E-state index in [2.05, 4.69) is 4.98 Å². The standard InChI is InChI=1S/C12H11NO2/c1-8(14)12(4-5-12)9-2-3-11-10(6-9)13-7-15-11/h2-3,6-7H,4-5H2,1H3. The number of fused-ring (bicyclic) bond motifs is 1. The minimum absolute atomic E-state index is 0.215. The first-order chi connectivity index (χ1) is 7.22. The highest BCUT2D eigenvalue weighted by atomic mass is 16.3. The Kier molecular flexibility index (Phi) is 1.55. The Bertz CT molecular complexity index is 537. The molecule has 1 aromatic heterocycles. The second kappa shape index (κ2) is 2.69. The molecule has 0 spiro atoms. The molecule has 1 saturated carbocycles. The number of carbonyl (C=O) groups excluding carboxylic acids is 1. The number of nitrogens with zero attached hydrogens (tertiary/aromatic N) is 1. The van der Waals surface area contributed by atoms with Crippen LogP contribution < -0.4 is 0 Å². The fourth-order valence-corrected chi connectivity index (χ4v) is 2.12. The van der Waals surface area contributed by atoms with E-state index in [0.717, 1.165) is 29.5 Å². The van der Waals surface area contributed by atoms with Crippen LogP contribution in [0.5, 0.6) is 0 Å². The van der Waals surface area contributed by atoms with Gasteiger partial charge in [0.15, 0.2) is 12.0 Å². The number of benzene rings is 1. The van der Waals surface area contributed by atoms with Gasteiger partial charge in [-0.2, -0.15) is 0 Å². The van der Waals surface area contributed by atoms with Crippen LogP contribution in [0.3, 0.4) is 0 Å². The summed E-state index contributed by atoms with van der Waals surface area (Å²) < 4.78 is 5.17. The van der Waals surface area contributed by atoms with Crippen LogP contribution in [0.25, 0.3) is 11.1 Å². The molecule has 0 bridgehead atoms. The van der Waals surface area contributed by atoms with E-state index in [1.165, 1.54) is 6.39 Å². The lowest BCUT2D eigenvalue weighted by atomic mass is 9.92. The summed E-state index contributed by atoms with van der Waals surface area (Å²) >= 11 is 0. The van der Waals surface area contributed by atoms with Crippen LogP contribution in [0, 0.1) is 0 Å². The van der Waals surface area contributed by atoms with Crippen molar-refractivity contribution in [3.05, 3.63) is 30.2 Å². The van der Waals surface area contributed by atoms with E-state index in [1.807, 2.05) is 18.2 Å². The van der Waals surface area contributed by atoms with Crippen molar-refractivity contribution in [1.82, 2.24) is 4.98 Å². The van der Waals surface area contributed by atoms with Crippen LogP contribution in [-0.2, 0) is 10.2 Å². The molecule has 0 saturated heterocycles. The summed E-state index contributed by atoms with van der Waals surface area (Å²) in [5.41, 5.74) is 2.47. The summed E-state index contributed by atoms with van der Waals surface area (Å²) in [4.78, 5) is 15.7. The van der Waals surface area contributed by atoms with Gasteiger partial charge in [-0.15, -0.1) is 0 Å². The third-order valence-corrected chi connectivity index (χ3v) is 3.31. The molecule has 0 N–H and O–H groups in total. The van der Waals surface area contributed by atoms with E-state index >= 15 is 0 Å². The zero-order valence-electron chi connectivity index (χ0n) is 8.49. The Morgan fingerprint density at radius 1 is 1.47 bits per heavy atom. The molecule has 1 aliphatic carbocycles. The molecule has 3 rings (SSSR count). The topological polar surface area (TPSA) is 43.1 Å². The minimum atomic E-state index is -0.215. The molecule has 3 nitrogen and oxygen atoms in total. The molecule has 0 radical (unpaired) electrons. The molecular weight excluding hydrogens is 190 g/mol. The summed E-state index contributed by atoms with van der Waals surface area (Å²) in [6, 6.07) is 5.83. The van der Waals surface area contributed by atoms with Gasteiger partial charge >= 0.3 is 0 Å². The van der Waals surface area contributed by atoms with Crippen molar-refractivity contribution in [1.29, 1.82) is 0 Å². The molecule has 0 aliphatic heterocycles. The zero-order chi connectivity index (χ0) is 10.5. The van der Waals surface area contributed by atoms with E-state index < -0.39 is 0 Å². The van der Waals surface area contributed by atoms with Gasteiger partial charge < -0.3 is 4.42 Å². The Morgan fingerprint density at radius 3 is 2.93 bits per heavy atom. The molecule has 0 unspecified atom stereocenters. The van der Waals surface area contributed by atoms with Crippen LogP contribution in [-0.4, -0.2) is 10.8 Å². The van der Waals surface area contributed by atoms with Crippen molar-refractivity contribution in [2.45, 2.75) is 25.2 Å². The number of hydrogen-bond donors (Lipinski definition) is 0. The van der Waals surface area contributed by atoms with Crippen LogP contribution in [0.15, 0.2) is 29.0 Å². The maximum absolute atomic E-state index is 11.6. The second-order valence-corrected chi connectivity index (χ2v) is 4.17.